The topological polar surface area (TPSA) is 78.1 Å². The number of fused-ring (bicyclic) bond motifs is 1. The van der Waals surface area contributed by atoms with Gasteiger partial charge in [-0.15, -0.1) is 0 Å². The van der Waals surface area contributed by atoms with Crippen molar-refractivity contribution < 1.29 is 9.18 Å². The first-order chi connectivity index (χ1) is 13.5. The Morgan fingerprint density at radius 1 is 1.32 bits per heavy atom. The van der Waals surface area contributed by atoms with Gasteiger partial charge in [0.15, 0.2) is 0 Å². The van der Waals surface area contributed by atoms with E-state index in [1.54, 1.807) is 43.6 Å². The molecule has 4 rings (SSSR count). The van der Waals surface area contributed by atoms with E-state index in [2.05, 4.69) is 15.3 Å². The minimum Gasteiger partial charge on any atom is -0.366 e. The summed E-state index contributed by atoms with van der Waals surface area (Å²) in [6.45, 7) is 2.48. The molecule has 1 unspecified atom stereocenters. The van der Waals surface area contributed by atoms with Crippen molar-refractivity contribution in [2.45, 2.75) is 19.5 Å². The van der Waals surface area contributed by atoms with E-state index in [0.717, 1.165) is 0 Å². The molecule has 1 atom stereocenters. The standard InChI is InChI=1S/C20H18ClFN4O2/c1-11-16-14(24-20(28)17(11)21)2-3-15(18(16)26-9-6-13(22)10-26)25-19(27)12-4-7-23-8-5-12/h2-5,7-8,13H,6,9-10H2,1H3,(H,24,28)(H,25,27). The first-order valence-corrected chi connectivity index (χ1v) is 9.29. The van der Waals surface area contributed by atoms with Gasteiger partial charge < -0.3 is 15.2 Å². The molecule has 8 heteroatoms. The number of nitrogens with zero attached hydrogens (tertiary/aromatic N) is 2. The van der Waals surface area contributed by atoms with E-state index in [4.69, 9.17) is 11.6 Å². The van der Waals surface area contributed by atoms with Crippen LogP contribution in [-0.4, -0.2) is 35.1 Å². The zero-order chi connectivity index (χ0) is 19.8. The van der Waals surface area contributed by atoms with Gasteiger partial charge in [-0.2, -0.15) is 0 Å². The van der Waals surface area contributed by atoms with Gasteiger partial charge in [0.1, 0.15) is 11.2 Å². The van der Waals surface area contributed by atoms with Gasteiger partial charge in [-0.25, -0.2) is 4.39 Å². The Kier molecular flexibility index (Phi) is 4.77. The summed E-state index contributed by atoms with van der Waals surface area (Å²) in [6, 6.07) is 6.66. The van der Waals surface area contributed by atoms with Crippen LogP contribution in [0.3, 0.4) is 0 Å². The molecule has 3 aromatic rings. The van der Waals surface area contributed by atoms with Gasteiger partial charge in [0.25, 0.3) is 11.5 Å². The molecule has 1 aromatic carbocycles. The van der Waals surface area contributed by atoms with Gasteiger partial charge >= 0.3 is 0 Å². The lowest BCUT2D eigenvalue weighted by atomic mass is 10.1. The lowest BCUT2D eigenvalue weighted by Crippen LogP contribution is -2.24. The van der Waals surface area contributed by atoms with Crippen LogP contribution in [0.4, 0.5) is 15.8 Å². The van der Waals surface area contributed by atoms with E-state index in [9.17, 15) is 14.0 Å². The largest absolute Gasteiger partial charge is 0.366 e. The third-order valence-corrected chi connectivity index (χ3v) is 5.42. The predicted octanol–water partition coefficient (Wildman–Crippen LogP) is 3.69. The highest BCUT2D eigenvalue weighted by atomic mass is 35.5. The molecule has 144 valence electrons. The number of carbonyl (C=O) groups excluding carboxylic acids is 1. The van der Waals surface area contributed by atoms with Crippen molar-refractivity contribution in [1.29, 1.82) is 0 Å². The third-order valence-electron chi connectivity index (χ3n) is 4.97. The molecular formula is C20H18ClFN4O2. The fourth-order valence-corrected chi connectivity index (χ4v) is 3.72. The Balaban J connectivity index is 1.88. The van der Waals surface area contributed by atoms with E-state index < -0.39 is 6.17 Å². The van der Waals surface area contributed by atoms with Crippen LogP contribution in [0.5, 0.6) is 0 Å². The van der Waals surface area contributed by atoms with Crippen LogP contribution in [0.1, 0.15) is 22.3 Å². The van der Waals surface area contributed by atoms with Crippen LogP contribution in [0, 0.1) is 6.92 Å². The number of anilines is 2. The van der Waals surface area contributed by atoms with Crippen LogP contribution < -0.4 is 15.8 Å². The van der Waals surface area contributed by atoms with E-state index >= 15 is 0 Å². The van der Waals surface area contributed by atoms with Crippen molar-refractivity contribution in [3.8, 4) is 0 Å². The number of amides is 1. The number of alkyl halides is 1. The molecular weight excluding hydrogens is 383 g/mol. The highest BCUT2D eigenvalue weighted by Crippen LogP contribution is 2.39. The quantitative estimate of drug-likeness (QED) is 0.703. The summed E-state index contributed by atoms with van der Waals surface area (Å²) < 4.78 is 13.9. The van der Waals surface area contributed by atoms with Gasteiger partial charge in [-0.1, -0.05) is 11.6 Å². The number of aromatic nitrogens is 2. The first-order valence-electron chi connectivity index (χ1n) is 8.91. The molecule has 1 aliphatic rings. The van der Waals surface area contributed by atoms with E-state index in [1.165, 1.54) is 0 Å². The normalized spacial score (nSPS) is 16.5. The fraction of sp³-hybridized carbons (Fsp3) is 0.250. The summed E-state index contributed by atoms with van der Waals surface area (Å²) in [4.78, 5) is 33.3. The average molecular weight is 401 g/mol. The molecule has 2 N–H and O–H groups in total. The Bertz CT molecular complexity index is 1120. The van der Waals surface area contributed by atoms with Crippen molar-refractivity contribution in [3.63, 3.8) is 0 Å². The Hall–Kier alpha value is -2.93. The second-order valence-corrected chi connectivity index (χ2v) is 7.18. The number of H-pyrrole nitrogens is 1. The monoisotopic (exact) mass is 400 g/mol. The van der Waals surface area contributed by atoms with Gasteiger partial charge in [0.2, 0.25) is 0 Å². The number of nitrogens with one attached hydrogen (secondary N) is 2. The van der Waals surface area contributed by atoms with Crippen LogP contribution in [0.15, 0.2) is 41.5 Å². The number of hydrogen-bond donors (Lipinski definition) is 2. The van der Waals surface area contributed by atoms with Crippen LogP contribution in [-0.2, 0) is 0 Å². The minimum atomic E-state index is -0.947. The van der Waals surface area contributed by atoms with Crippen LogP contribution >= 0.6 is 11.6 Å². The summed E-state index contributed by atoms with van der Waals surface area (Å²) in [6.07, 6.45) is 2.54. The van der Waals surface area contributed by atoms with Crippen molar-refractivity contribution >= 4 is 39.8 Å². The summed E-state index contributed by atoms with van der Waals surface area (Å²) in [7, 11) is 0. The minimum absolute atomic E-state index is 0.0855. The van der Waals surface area contributed by atoms with Crippen molar-refractivity contribution in [2.75, 3.05) is 23.3 Å². The summed E-state index contributed by atoms with van der Waals surface area (Å²) in [5.74, 6) is -0.299. The van der Waals surface area contributed by atoms with Gasteiger partial charge in [0, 0.05) is 36.4 Å². The molecule has 1 aliphatic heterocycles. The van der Waals surface area contributed by atoms with E-state index in [1.807, 2.05) is 4.90 Å². The molecule has 3 heterocycles. The summed E-state index contributed by atoms with van der Waals surface area (Å²) in [5.41, 5.74) is 2.47. The highest BCUT2D eigenvalue weighted by Gasteiger charge is 2.27. The Morgan fingerprint density at radius 2 is 2.07 bits per heavy atom. The number of rotatable bonds is 3. The number of carbonyl (C=O) groups is 1. The molecule has 0 aliphatic carbocycles. The number of hydrogen-bond acceptors (Lipinski definition) is 4. The average Bonchev–Trinajstić information content (AvgIpc) is 3.13. The number of benzene rings is 1. The molecule has 2 aromatic heterocycles. The lowest BCUT2D eigenvalue weighted by Gasteiger charge is -2.25. The van der Waals surface area contributed by atoms with Crippen molar-refractivity contribution in [3.05, 3.63) is 63.2 Å². The van der Waals surface area contributed by atoms with Crippen molar-refractivity contribution in [1.82, 2.24) is 9.97 Å². The molecule has 0 radical (unpaired) electrons. The van der Waals surface area contributed by atoms with E-state index in [-0.39, 0.29) is 23.0 Å². The number of aromatic amines is 1. The maximum absolute atomic E-state index is 13.9. The second kappa shape index (κ2) is 7.24. The lowest BCUT2D eigenvalue weighted by molar-refractivity contribution is 0.102. The fourth-order valence-electron chi connectivity index (χ4n) is 3.58. The molecule has 1 saturated heterocycles. The zero-order valence-electron chi connectivity index (χ0n) is 15.1. The maximum atomic E-state index is 13.9. The molecule has 0 bridgehead atoms. The number of aryl methyl sites for hydroxylation is 1. The summed E-state index contributed by atoms with van der Waals surface area (Å²) in [5, 5.41) is 3.69. The first kappa shape index (κ1) is 18.4. The molecule has 0 saturated carbocycles. The van der Waals surface area contributed by atoms with Gasteiger partial charge in [-0.05, 0) is 43.2 Å². The molecule has 1 fully saturated rings. The van der Waals surface area contributed by atoms with E-state index in [0.29, 0.717) is 46.4 Å². The zero-order valence-corrected chi connectivity index (χ0v) is 15.9. The third kappa shape index (κ3) is 3.22. The second-order valence-electron chi connectivity index (χ2n) is 6.80. The van der Waals surface area contributed by atoms with Gasteiger partial charge in [-0.3, -0.25) is 14.6 Å². The Labute approximate surface area is 165 Å². The van der Waals surface area contributed by atoms with Crippen LogP contribution in [0.25, 0.3) is 10.9 Å². The molecule has 0 spiro atoms. The molecule has 1 amide bonds. The Morgan fingerprint density at radius 3 is 2.75 bits per heavy atom. The maximum Gasteiger partial charge on any atom is 0.267 e. The smallest absolute Gasteiger partial charge is 0.267 e. The number of halogens is 2. The molecule has 28 heavy (non-hydrogen) atoms. The van der Waals surface area contributed by atoms with Crippen molar-refractivity contribution in [2.24, 2.45) is 0 Å². The van der Waals surface area contributed by atoms with Crippen LogP contribution in [0.2, 0.25) is 5.02 Å². The predicted molar refractivity (Wildman–Crippen MR) is 108 cm³/mol. The highest BCUT2D eigenvalue weighted by molar-refractivity contribution is 6.32. The van der Waals surface area contributed by atoms with Gasteiger partial charge in [0.05, 0.1) is 16.9 Å². The summed E-state index contributed by atoms with van der Waals surface area (Å²) >= 11 is 6.19. The number of pyridine rings is 2. The SMILES string of the molecule is Cc1c(Cl)c(=O)[nH]c2ccc(NC(=O)c3ccncc3)c(N3CCC(F)C3)c12. The molecule has 6 nitrogen and oxygen atoms in total.